The molecule has 22 heavy (non-hydrogen) atoms. The maximum atomic E-state index is 12.0. The second kappa shape index (κ2) is 6.05. The molecule has 2 unspecified atom stereocenters. The number of carbonyl (C=O) groups is 2. The first-order valence-corrected chi connectivity index (χ1v) is 8.62. The maximum absolute atomic E-state index is 12.0. The molecule has 0 spiro atoms. The van der Waals surface area contributed by atoms with E-state index in [1.807, 2.05) is 6.92 Å². The molecule has 1 aromatic carbocycles. The molecule has 0 radical (unpaired) electrons. The fraction of sp³-hybridized carbons (Fsp3) is 0.429. The second-order valence-corrected chi connectivity index (χ2v) is 7.16. The molecule has 2 rings (SSSR count). The SMILES string of the molecule is CCOC1CC1C(=O)Nc1cc(C(=O)O)cc(S(C)(=O)=O)c1. The van der Waals surface area contributed by atoms with Crippen LogP contribution in [0.3, 0.4) is 0 Å². The molecule has 8 heteroatoms. The van der Waals surface area contributed by atoms with E-state index in [1.165, 1.54) is 12.1 Å². The number of hydrogen-bond donors (Lipinski definition) is 2. The third-order valence-corrected chi connectivity index (χ3v) is 4.39. The number of carboxylic acids is 1. The highest BCUT2D eigenvalue weighted by atomic mass is 32.2. The highest BCUT2D eigenvalue weighted by Gasteiger charge is 2.44. The van der Waals surface area contributed by atoms with Gasteiger partial charge in [0, 0.05) is 18.6 Å². The molecule has 0 aromatic heterocycles. The topological polar surface area (TPSA) is 110 Å². The van der Waals surface area contributed by atoms with Gasteiger partial charge in [-0.05, 0) is 31.5 Å². The van der Waals surface area contributed by atoms with Crippen molar-refractivity contribution in [1.29, 1.82) is 0 Å². The summed E-state index contributed by atoms with van der Waals surface area (Å²) in [6.45, 7) is 2.35. The first-order chi connectivity index (χ1) is 10.2. The van der Waals surface area contributed by atoms with E-state index in [-0.39, 0.29) is 34.1 Å². The normalized spacial score (nSPS) is 20.5. The van der Waals surface area contributed by atoms with Gasteiger partial charge < -0.3 is 15.2 Å². The summed E-state index contributed by atoms with van der Waals surface area (Å²) in [4.78, 5) is 22.9. The molecular formula is C14H17NO6S. The number of benzene rings is 1. The molecule has 0 bridgehead atoms. The Balaban J connectivity index is 2.22. The summed E-state index contributed by atoms with van der Waals surface area (Å²) in [5.41, 5.74) is -0.0529. The van der Waals surface area contributed by atoms with Crippen molar-refractivity contribution in [2.24, 2.45) is 5.92 Å². The zero-order chi connectivity index (χ0) is 16.5. The van der Waals surface area contributed by atoms with Crippen molar-refractivity contribution in [3.63, 3.8) is 0 Å². The van der Waals surface area contributed by atoms with Crippen molar-refractivity contribution in [3.05, 3.63) is 23.8 Å². The Hall–Kier alpha value is -1.93. The molecule has 0 saturated heterocycles. The molecule has 120 valence electrons. The molecule has 1 amide bonds. The Morgan fingerprint density at radius 1 is 1.36 bits per heavy atom. The summed E-state index contributed by atoms with van der Waals surface area (Å²) in [6.07, 6.45) is 1.46. The summed E-state index contributed by atoms with van der Waals surface area (Å²) in [5, 5.41) is 11.6. The van der Waals surface area contributed by atoms with Crippen LogP contribution in [0, 0.1) is 5.92 Å². The minimum Gasteiger partial charge on any atom is -0.478 e. The largest absolute Gasteiger partial charge is 0.478 e. The number of hydrogen-bond acceptors (Lipinski definition) is 5. The summed E-state index contributed by atoms with van der Waals surface area (Å²) in [6, 6.07) is 3.54. The molecule has 2 N–H and O–H groups in total. The summed E-state index contributed by atoms with van der Waals surface area (Å²) < 4.78 is 28.5. The van der Waals surface area contributed by atoms with E-state index >= 15 is 0 Å². The van der Waals surface area contributed by atoms with Crippen molar-refractivity contribution in [2.75, 3.05) is 18.2 Å². The monoisotopic (exact) mass is 327 g/mol. The molecule has 1 aliphatic rings. The number of nitrogens with one attached hydrogen (secondary N) is 1. The van der Waals surface area contributed by atoms with Gasteiger partial charge in [0.1, 0.15) is 0 Å². The maximum Gasteiger partial charge on any atom is 0.335 e. The lowest BCUT2D eigenvalue weighted by molar-refractivity contribution is -0.118. The van der Waals surface area contributed by atoms with Crippen LogP contribution in [0.2, 0.25) is 0 Å². The highest BCUT2D eigenvalue weighted by Crippen LogP contribution is 2.35. The van der Waals surface area contributed by atoms with E-state index in [9.17, 15) is 18.0 Å². The minimum absolute atomic E-state index is 0.123. The molecule has 0 aliphatic heterocycles. The van der Waals surface area contributed by atoms with Gasteiger partial charge in [-0.1, -0.05) is 0 Å². The van der Waals surface area contributed by atoms with E-state index in [0.29, 0.717) is 13.0 Å². The lowest BCUT2D eigenvalue weighted by atomic mass is 10.2. The Morgan fingerprint density at radius 2 is 2.05 bits per heavy atom. The lowest BCUT2D eigenvalue weighted by Gasteiger charge is -2.08. The van der Waals surface area contributed by atoms with Gasteiger partial charge in [0.2, 0.25) is 5.91 Å². The standard InChI is InChI=1S/C14H17NO6S/c1-3-21-12-7-11(12)13(16)15-9-4-8(14(17)18)5-10(6-9)22(2,19)20/h4-6,11-12H,3,7H2,1-2H3,(H,15,16)(H,17,18). The van der Waals surface area contributed by atoms with Gasteiger partial charge in [-0.15, -0.1) is 0 Å². The molecule has 2 atom stereocenters. The number of rotatable bonds is 6. The number of ether oxygens (including phenoxy) is 1. The zero-order valence-electron chi connectivity index (χ0n) is 12.2. The third-order valence-electron chi connectivity index (χ3n) is 3.30. The fourth-order valence-corrected chi connectivity index (χ4v) is 2.77. The average molecular weight is 327 g/mol. The average Bonchev–Trinajstić information content (AvgIpc) is 3.17. The summed E-state index contributed by atoms with van der Waals surface area (Å²) >= 11 is 0. The summed E-state index contributed by atoms with van der Waals surface area (Å²) in [7, 11) is -3.58. The van der Waals surface area contributed by atoms with E-state index in [4.69, 9.17) is 9.84 Å². The van der Waals surface area contributed by atoms with Crippen LogP contribution in [-0.2, 0) is 19.4 Å². The third kappa shape index (κ3) is 3.83. The van der Waals surface area contributed by atoms with Crippen LogP contribution in [0.5, 0.6) is 0 Å². The van der Waals surface area contributed by atoms with Crippen molar-refractivity contribution in [1.82, 2.24) is 0 Å². The quantitative estimate of drug-likeness (QED) is 0.811. The smallest absolute Gasteiger partial charge is 0.335 e. The first-order valence-electron chi connectivity index (χ1n) is 6.73. The van der Waals surface area contributed by atoms with Crippen molar-refractivity contribution >= 4 is 27.4 Å². The Labute approximate surface area is 128 Å². The van der Waals surface area contributed by atoms with Crippen LogP contribution in [0.1, 0.15) is 23.7 Å². The molecule has 1 aliphatic carbocycles. The van der Waals surface area contributed by atoms with Crippen molar-refractivity contribution in [3.8, 4) is 0 Å². The Morgan fingerprint density at radius 3 is 2.59 bits per heavy atom. The Kier molecular flexibility index (Phi) is 4.52. The van der Waals surface area contributed by atoms with Gasteiger partial charge in [-0.2, -0.15) is 0 Å². The van der Waals surface area contributed by atoms with Crippen LogP contribution in [-0.4, -0.2) is 44.4 Å². The number of carboxylic acid groups (broad SMARTS) is 1. The molecule has 0 heterocycles. The number of carbonyl (C=O) groups excluding carboxylic acids is 1. The van der Waals surface area contributed by atoms with E-state index in [2.05, 4.69) is 5.32 Å². The van der Waals surface area contributed by atoms with Gasteiger partial charge in [-0.25, -0.2) is 13.2 Å². The van der Waals surface area contributed by atoms with Gasteiger partial charge in [0.05, 0.1) is 22.5 Å². The number of anilines is 1. The Bertz CT molecular complexity index is 712. The second-order valence-electron chi connectivity index (χ2n) is 5.15. The highest BCUT2D eigenvalue weighted by molar-refractivity contribution is 7.90. The molecule has 7 nitrogen and oxygen atoms in total. The van der Waals surface area contributed by atoms with Gasteiger partial charge in [0.25, 0.3) is 0 Å². The van der Waals surface area contributed by atoms with Crippen LogP contribution in [0.25, 0.3) is 0 Å². The molecule has 1 aromatic rings. The fourth-order valence-electron chi connectivity index (χ4n) is 2.09. The summed E-state index contributed by atoms with van der Waals surface area (Å²) in [5.74, 6) is -1.85. The number of aromatic carboxylic acids is 1. The lowest BCUT2D eigenvalue weighted by Crippen LogP contribution is -2.17. The number of sulfone groups is 1. The first kappa shape index (κ1) is 16.4. The van der Waals surface area contributed by atoms with Gasteiger partial charge in [0.15, 0.2) is 9.84 Å². The minimum atomic E-state index is -3.58. The van der Waals surface area contributed by atoms with Crippen LogP contribution >= 0.6 is 0 Å². The van der Waals surface area contributed by atoms with Crippen LogP contribution in [0.4, 0.5) is 5.69 Å². The van der Waals surface area contributed by atoms with Crippen molar-refractivity contribution < 1.29 is 27.9 Å². The van der Waals surface area contributed by atoms with Crippen LogP contribution in [0.15, 0.2) is 23.1 Å². The van der Waals surface area contributed by atoms with Crippen LogP contribution < -0.4 is 5.32 Å². The molecule has 1 fully saturated rings. The van der Waals surface area contributed by atoms with E-state index in [1.54, 1.807) is 0 Å². The van der Waals surface area contributed by atoms with E-state index < -0.39 is 15.8 Å². The van der Waals surface area contributed by atoms with E-state index in [0.717, 1.165) is 12.3 Å². The van der Waals surface area contributed by atoms with Gasteiger partial charge >= 0.3 is 5.97 Å². The predicted octanol–water partition coefficient (Wildman–Crippen LogP) is 1.15. The molecular weight excluding hydrogens is 310 g/mol. The van der Waals surface area contributed by atoms with Gasteiger partial charge in [-0.3, -0.25) is 4.79 Å². The van der Waals surface area contributed by atoms with Crippen molar-refractivity contribution in [2.45, 2.75) is 24.3 Å². The predicted molar refractivity (Wildman–Crippen MR) is 78.7 cm³/mol. The molecule has 1 saturated carbocycles. The zero-order valence-corrected chi connectivity index (χ0v) is 13.0. The number of amides is 1.